The van der Waals surface area contributed by atoms with Gasteiger partial charge < -0.3 is 0 Å². The summed E-state index contributed by atoms with van der Waals surface area (Å²) in [7, 11) is 0. The molecular formula is C14H16ClNO. The minimum absolute atomic E-state index is 0.685. The maximum absolute atomic E-state index is 10.8. The van der Waals surface area contributed by atoms with Crippen molar-refractivity contribution < 1.29 is 4.79 Å². The average molecular weight is 250 g/mol. The number of hydrogen-bond acceptors (Lipinski definition) is 2. The van der Waals surface area contributed by atoms with Gasteiger partial charge in [-0.15, -0.1) is 0 Å². The van der Waals surface area contributed by atoms with Gasteiger partial charge >= 0.3 is 0 Å². The Morgan fingerprint density at radius 3 is 2.76 bits per heavy atom. The lowest BCUT2D eigenvalue weighted by molar-refractivity contribution is -0.105. The number of carbonyl (C=O) groups is 1. The van der Waals surface area contributed by atoms with Crippen LogP contribution in [0.3, 0.4) is 0 Å². The van der Waals surface area contributed by atoms with Crippen molar-refractivity contribution in [1.29, 1.82) is 0 Å². The fourth-order valence-corrected chi connectivity index (χ4v) is 2.41. The number of carbonyl (C=O) groups excluding carboxylic acids is 1. The van der Waals surface area contributed by atoms with E-state index < -0.39 is 0 Å². The summed E-state index contributed by atoms with van der Waals surface area (Å²) >= 11 is 6.15. The summed E-state index contributed by atoms with van der Waals surface area (Å²) in [6, 6.07) is 10.3. The molecule has 0 spiro atoms. The van der Waals surface area contributed by atoms with Crippen LogP contribution >= 0.6 is 11.6 Å². The zero-order valence-corrected chi connectivity index (χ0v) is 10.5. The maximum atomic E-state index is 10.8. The zero-order valence-electron chi connectivity index (χ0n) is 9.73. The topological polar surface area (TPSA) is 20.3 Å². The van der Waals surface area contributed by atoms with Crippen molar-refractivity contribution in [2.75, 3.05) is 13.1 Å². The summed E-state index contributed by atoms with van der Waals surface area (Å²) in [4.78, 5) is 13.1. The third-order valence-corrected chi connectivity index (χ3v) is 3.38. The number of nitrogens with zero attached hydrogens (tertiary/aromatic N) is 1. The molecule has 1 aliphatic heterocycles. The average Bonchev–Trinajstić information content (AvgIpc) is 2.52. The Morgan fingerprint density at radius 1 is 1.29 bits per heavy atom. The molecule has 0 saturated heterocycles. The predicted octanol–water partition coefficient (Wildman–Crippen LogP) is 2.97. The fourth-order valence-electron chi connectivity index (χ4n) is 2.11. The predicted molar refractivity (Wildman–Crippen MR) is 69.9 cm³/mol. The van der Waals surface area contributed by atoms with E-state index in [9.17, 15) is 4.79 Å². The largest absolute Gasteiger partial charge is 0.298 e. The molecule has 1 aromatic carbocycles. The maximum Gasteiger partial charge on any atom is 0.147 e. The van der Waals surface area contributed by atoms with Gasteiger partial charge in [-0.05, 0) is 24.9 Å². The standard InChI is InChI=1S/C14H16ClNO/c15-14-10-16(8-4-7-13(14)11-17)9-12-5-2-1-3-6-12/h1-3,5-6,11H,4,7-10H2. The van der Waals surface area contributed by atoms with E-state index in [1.807, 2.05) is 18.2 Å². The van der Waals surface area contributed by atoms with Crippen molar-refractivity contribution in [2.45, 2.75) is 19.4 Å². The highest BCUT2D eigenvalue weighted by atomic mass is 35.5. The van der Waals surface area contributed by atoms with E-state index in [1.54, 1.807) is 0 Å². The molecule has 90 valence electrons. The molecule has 17 heavy (non-hydrogen) atoms. The Morgan fingerprint density at radius 2 is 2.06 bits per heavy atom. The SMILES string of the molecule is O=CC1=C(Cl)CN(Cc2ccccc2)CCC1. The van der Waals surface area contributed by atoms with E-state index in [2.05, 4.69) is 17.0 Å². The Bertz CT molecular complexity index is 413. The van der Waals surface area contributed by atoms with Crippen LogP contribution in [-0.4, -0.2) is 24.3 Å². The number of rotatable bonds is 3. The number of halogens is 1. The highest BCUT2D eigenvalue weighted by Crippen LogP contribution is 2.20. The van der Waals surface area contributed by atoms with Crippen molar-refractivity contribution in [1.82, 2.24) is 4.90 Å². The van der Waals surface area contributed by atoms with Gasteiger partial charge in [0.2, 0.25) is 0 Å². The van der Waals surface area contributed by atoms with Gasteiger partial charge in [-0.25, -0.2) is 0 Å². The molecule has 0 aromatic heterocycles. The lowest BCUT2D eigenvalue weighted by atomic mass is 10.1. The summed E-state index contributed by atoms with van der Waals surface area (Å²) in [6.07, 6.45) is 2.69. The van der Waals surface area contributed by atoms with Crippen LogP contribution in [0.15, 0.2) is 40.9 Å². The quantitative estimate of drug-likeness (QED) is 0.768. The minimum Gasteiger partial charge on any atom is -0.298 e. The van der Waals surface area contributed by atoms with Crippen molar-refractivity contribution in [3.63, 3.8) is 0 Å². The van der Waals surface area contributed by atoms with Crippen LogP contribution in [0.25, 0.3) is 0 Å². The van der Waals surface area contributed by atoms with Gasteiger partial charge in [0.25, 0.3) is 0 Å². The summed E-state index contributed by atoms with van der Waals surface area (Å²) in [5, 5.41) is 0.702. The third kappa shape index (κ3) is 3.42. The van der Waals surface area contributed by atoms with E-state index in [4.69, 9.17) is 11.6 Å². The minimum atomic E-state index is 0.685. The molecule has 1 aromatic rings. The number of aldehydes is 1. The molecule has 0 bridgehead atoms. The lowest BCUT2D eigenvalue weighted by Crippen LogP contribution is -2.24. The molecule has 0 radical (unpaired) electrons. The molecule has 0 N–H and O–H groups in total. The number of hydrogen-bond donors (Lipinski definition) is 0. The molecule has 1 heterocycles. The zero-order chi connectivity index (χ0) is 12.1. The van der Waals surface area contributed by atoms with Gasteiger partial charge in [0.15, 0.2) is 0 Å². The fraction of sp³-hybridized carbons (Fsp3) is 0.357. The molecule has 0 saturated carbocycles. The van der Waals surface area contributed by atoms with Crippen LogP contribution < -0.4 is 0 Å². The summed E-state index contributed by atoms with van der Waals surface area (Å²) in [5.41, 5.74) is 2.05. The van der Waals surface area contributed by atoms with Crippen LogP contribution in [0.4, 0.5) is 0 Å². The molecule has 0 atom stereocenters. The first-order chi connectivity index (χ1) is 8.29. The van der Waals surface area contributed by atoms with Gasteiger partial charge in [-0.3, -0.25) is 9.69 Å². The van der Waals surface area contributed by atoms with E-state index in [-0.39, 0.29) is 0 Å². The first-order valence-electron chi connectivity index (χ1n) is 5.88. The second kappa shape index (κ2) is 5.99. The molecule has 2 nitrogen and oxygen atoms in total. The van der Waals surface area contributed by atoms with Crippen LogP contribution in [0.5, 0.6) is 0 Å². The smallest absolute Gasteiger partial charge is 0.147 e. The van der Waals surface area contributed by atoms with Crippen molar-refractivity contribution in [2.24, 2.45) is 0 Å². The summed E-state index contributed by atoms with van der Waals surface area (Å²) < 4.78 is 0. The van der Waals surface area contributed by atoms with Crippen molar-refractivity contribution in [3.8, 4) is 0 Å². The first kappa shape index (κ1) is 12.3. The molecule has 0 aliphatic carbocycles. The van der Waals surface area contributed by atoms with E-state index in [0.29, 0.717) is 11.6 Å². The van der Waals surface area contributed by atoms with Crippen molar-refractivity contribution in [3.05, 3.63) is 46.5 Å². The Hall–Kier alpha value is -1.12. The highest BCUT2D eigenvalue weighted by molar-refractivity contribution is 6.31. The summed E-state index contributed by atoms with van der Waals surface area (Å²) in [5.74, 6) is 0. The molecule has 2 rings (SSSR count). The van der Waals surface area contributed by atoms with Crippen LogP contribution in [0.1, 0.15) is 18.4 Å². The molecular weight excluding hydrogens is 234 g/mol. The van der Waals surface area contributed by atoms with Gasteiger partial charge in [0, 0.05) is 23.7 Å². The van der Waals surface area contributed by atoms with Crippen LogP contribution in [0, 0.1) is 0 Å². The highest BCUT2D eigenvalue weighted by Gasteiger charge is 2.15. The van der Waals surface area contributed by atoms with Gasteiger partial charge in [-0.2, -0.15) is 0 Å². The summed E-state index contributed by atoms with van der Waals surface area (Å²) in [6.45, 7) is 2.57. The normalized spacial score (nSPS) is 17.9. The third-order valence-electron chi connectivity index (χ3n) is 3.02. The monoisotopic (exact) mass is 249 g/mol. The molecule has 0 fully saturated rings. The van der Waals surface area contributed by atoms with Crippen LogP contribution in [-0.2, 0) is 11.3 Å². The number of allylic oxidation sites excluding steroid dienone is 1. The first-order valence-corrected chi connectivity index (χ1v) is 6.26. The van der Waals surface area contributed by atoms with Crippen LogP contribution in [0.2, 0.25) is 0 Å². The van der Waals surface area contributed by atoms with Gasteiger partial charge in [-0.1, -0.05) is 41.9 Å². The Balaban J connectivity index is 2.04. The molecule has 1 aliphatic rings. The molecule has 0 amide bonds. The second-order valence-corrected chi connectivity index (χ2v) is 4.80. The van der Waals surface area contributed by atoms with Crippen molar-refractivity contribution >= 4 is 17.9 Å². The van der Waals surface area contributed by atoms with Gasteiger partial charge in [0.05, 0.1) is 0 Å². The molecule has 0 unspecified atom stereocenters. The van der Waals surface area contributed by atoms with E-state index >= 15 is 0 Å². The second-order valence-electron chi connectivity index (χ2n) is 4.35. The number of benzene rings is 1. The van der Waals surface area contributed by atoms with Gasteiger partial charge in [0.1, 0.15) is 6.29 Å². The van der Waals surface area contributed by atoms with E-state index in [0.717, 1.165) is 37.8 Å². The molecule has 3 heteroatoms. The Labute approximate surface area is 107 Å². The lowest BCUT2D eigenvalue weighted by Gasteiger charge is -2.19. The Kier molecular flexibility index (Phi) is 4.35. The van der Waals surface area contributed by atoms with E-state index in [1.165, 1.54) is 5.56 Å².